The summed E-state index contributed by atoms with van der Waals surface area (Å²) in [6.07, 6.45) is 4.81. The van der Waals surface area contributed by atoms with Crippen molar-refractivity contribution in [2.45, 2.75) is 32.7 Å². The van der Waals surface area contributed by atoms with Gasteiger partial charge in [-0.2, -0.15) is 0 Å². The zero-order valence-electron chi connectivity index (χ0n) is 9.12. The van der Waals surface area contributed by atoms with Crippen molar-refractivity contribution in [1.29, 1.82) is 0 Å². The normalized spacial score (nSPS) is 26.4. The van der Waals surface area contributed by atoms with Crippen LogP contribution in [-0.4, -0.2) is 24.2 Å². The first kappa shape index (κ1) is 9.78. The van der Waals surface area contributed by atoms with Gasteiger partial charge < -0.3 is 4.74 Å². The van der Waals surface area contributed by atoms with Crippen molar-refractivity contribution in [2.75, 3.05) is 13.3 Å². The van der Waals surface area contributed by atoms with E-state index < -0.39 is 0 Å². The molecule has 0 aromatic heterocycles. The van der Waals surface area contributed by atoms with E-state index in [1.807, 2.05) is 13.0 Å². The molecule has 78 valence electrons. The maximum atomic E-state index is 5.61. The van der Waals surface area contributed by atoms with Gasteiger partial charge in [-0.25, -0.2) is 0 Å². The minimum Gasteiger partial charge on any atom is -0.483 e. The molecule has 2 aliphatic rings. The van der Waals surface area contributed by atoms with Crippen LogP contribution in [0.5, 0.6) is 0 Å². The smallest absolute Gasteiger partial charge is 0.142 e. The molecule has 0 N–H and O–H groups in total. The molecule has 1 aliphatic heterocycles. The Hall–Kier alpha value is -0.760. The highest BCUT2D eigenvalue weighted by molar-refractivity contribution is 5.19. The molecule has 2 rings (SSSR count). The fourth-order valence-corrected chi connectivity index (χ4v) is 2.00. The van der Waals surface area contributed by atoms with E-state index in [1.165, 1.54) is 12.8 Å². The van der Waals surface area contributed by atoms with Gasteiger partial charge in [0.2, 0.25) is 0 Å². The Morgan fingerprint density at radius 1 is 1.57 bits per heavy atom. The van der Waals surface area contributed by atoms with Crippen LogP contribution in [0.15, 0.2) is 24.0 Å². The van der Waals surface area contributed by atoms with E-state index in [4.69, 9.17) is 4.74 Å². The molecule has 1 fully saturated rings. The summed E-state index contributed by atoms with van der Waals surface area (Å²) in [5.41, 5.74) is 1.16. The van der Waals surface area contributed by atoms with Crippen LogP contribution >= 0.6 is 0 Å². The van der Waals surface area contributed by atoms with Gasteiger partial charge in [0.25, 0.3) is 0 Å². The Balaban J connectivity index is 1.97. The van der Waals surface area contributed by atoms with E-state index in [1.54, 1.807) is 0 Å². The highest BCUT2D eigenvalue weighted by Crippen LogP contribution is 2.35. The second-order valence-corrected chi connectivity index (χ2v) is 4.51. The average Bonchev–Trinajstić information content (AvgIpc) is 2.91. The zero-order valence-corrected chi connectivity index (χ0v) is 9.12. The quantitative estimate of drug-likeness (QED) is 0.668. The number of allylic oxidation sites excluding steroid dienone is 1. The maximum absolute atomic E-state index is 5.61. The fraction of sp³-hybridized carbons (Fsp3) is 0.667. The highest BCUT2D eigenvalue weighted by Gasteiger charge is 2.32. The first-order valence-corrected chi connectivity index (χ1v) is 5.40. The second kappa shape index (κ2) is 3.77. The molecule has 1 atom stereocenters. The fourth-order valence-electron chi connectivity index (χ4n) is 2.00. The van der Waals surface area contributed by atoms with E-state index >= 15 is 0 Å². The largest absolute Gasteiger partial charge is 0.483 e. The number of nitrogens with zero attached hydrogens (tertiary/aromatic N) is 1. The summed E-state index contributed by atoms with van der Waals surface area (Å²) in [7, 11) is 0. The summed E-state index contributed by atoms with van der Waals surface area (Å²) in [5.74, 6) is 1.88. The topological polar surface area (TPSA) is 12.5 Å². The Morgan fingerprint density at radius 3 is 2.93 bits per heavy atom. The first-order valence-electron chi connectivity index (χ1n) is 5.40. The summed E-state index contributed by atoms with van der Waals surface area (Å²) >= 11 is 0. The molecular weight excluding hydrogens is 174 g/mol. The Kier molecular flexibility index (Phi) is 2.64. The van der Waals surface area contributed by atoms with Gasteiger partial charge in [0.05, 0.1) is 5.76 Å². The van der Waals surface area contributed by atoms with E-state index in [0.29, 0.717) is 6.04 Å². The summed E-state index contributed by atoms with van der Waals surface area (Å²) in [4.78, 5) is 2.38. The Labute approximate surface area is 86.2 Å². The lowest BCUT2D eigenvalue weighted by Crippen LogP contribution is -2.36. The lowest BCUT2D eigenvalue weighted by molar-refractivity contribution is 0.0536. The van der Waals surface area contributed by atoms with E-state index in [2.05, 4.69) is 18.4 Å². The van der Waals surface area contributed by atoms with Crippen LogP contribution in [0.4, 0.5) is 0 Å². The summed E-state index contributed by atoms with van der Waals surface area (Å²) < 4.78 is 5.61. The predicted molar refractivity (Wildman–Crippen MR) is 57.7 cm³/mol. The molecule has 0 aromatic carbocycles. The summed E-state index contributed by atoms with van der Waals surface area (Å²) in [6.45, 7) is 10.0. The average molecular weight is 193 g/mol. The van der Waals surface area contributed by atoms with Gasteiger partial charge in [0.1, 0.15) is 6.73 Å². The lowest BCUT2D eigenvalue weighted by Gasteiger charge is -2.27. The molecule has 1 aliphatic carbocycles. The summed E-state index contributed by atoms with van der Waals surface area (Å²) in [5, 5.41) is 0. The van der Waals surface area contributed by atoms with Crippen LogP contribution in [0.2, 0.25) is 0 Å². The molecule has 2 nitrogen and oxygen atoms in total. The molecule has 1 saturated carbocycles. The Morgan fingerprint density at radius 2 is 2.29 bits per heavy atom. The third-order valence-corrected chi connectivity index (χ3v) is 3.15. The SMILES string of the molecule is C=C1C=C(C)OCN([C@@H](C)C2CC2)C1. The van der Waals surface area contributed by atoms with Crippen LogP contribution in [-0.2, 0) is 4.74 Å². The van der Waals surface area contributed by atoms with E-state index in [0.717, 1.165) is 30.5 Å². The molecule has 1 heterocycles. The standard InChI is InChI=1S/C12H19NO/c1-9-6-10(2)14-8-13(7-9)11(3)12-4-5-12/h6,11-12H,1,4-5,7-8H2,2-3H3/t11-/m0/s1. The van der Waals surface area contributed by atoms with Gasteiger partial charge in [0.15, 0.2) is 0 Å². The minimum atomic E-state index is 0.644. The first-order chi connectivity index (χ1) is 6.66. The van der Waals surface area contributed by atoms with Crippen molar-refractivity contribution in [3.8, 4) is 0 Å². The van der Waals surface area contributed by atoms with Crippen molar-refractivity contribution in [3.05, 3.63) is 24.0 Å². The predicted octanol–water partition coefficient (Wildman–Crippen LogP) is 2.53. The number of ether oxygens (including phenoxy) is 1. The third kappa shape index (κ3) is 2.18. The van der Waals surface area contributed by atoms with Crippen molar-refractivity contribution in [3.63, 3.8) is 0 Å². The van der Waals surface area contributed by atoms with Crippen LogP contribution < -0.4 is 0 Å². The van der Waals surface area contributed by atoms with Gasteiger partial charge in [-0.15, -0.1) is 0 Å². The molecule has 14 heavy (non-hydrogen) atoms. The van der Waals surface area contributed by atoms with E-state index in [9.17, 15) is 0 Å². The molecule has 0 unspecified atom stereocenters. The van der Waals surface area contributed by atoms with Crippen LogP contribution in [0.3, 0.4) is 0 Å². The third-order valence-electron chi connectivity index (χ3n) is 3.15. The zero-order chi connectivity index (χ0) is 10.1. The number of rotatable bonds is 2. The van der Waals surface area contributed by atoms with Crippen molar-refractivity contribution in [1.82, 2.24) is 4.90 Å². The second-order valence-electron chi connectivity index (χ2n) is 4.51. The van der Waals surface area contributed by atoms with Crippen LogP contribution in [0.25, 0.3) is 0 Å². The molecule has 0 radical (unpaired) electrons. The van der Waals surface area contributed by atoms with Gasteiger partial charge in [0, 0.05) is 12.6 Å². The van der Waals surface area contributed by atoms with Crippen LogP contribution in [0, 0.1) is 5.92 Å². The summed E-state index contributed by atoms with van der Waals surface area (Å²) in [6, 6.07) is 0.644. The maximum Gasteiger partial charge on any atom is 0.142 e. The van der Waals surface area contributed by atoms with Crippen molar-refractivity contribution in [2.24, 2.45) is 5.92 Å². The van der Waals surface area contributed by atoms with Gasteiger partial charge in [-0.3, -0.25) is 4.90 Å². The number of hydrogen-bond donors (Lipinski definition) is 0. The lowest BCUT2D eigenvalue weighted by atomic mass is 10.1. The van der Waals surface area contributed by atoms with Gasteiger partial charge in [-0.05, 0) is 44.3 Å². The van der Waals surface area contributed by atoms with E-state index in [-0.39, 0.29) is 0 Å². The molecule has 0 aromatic rings. The monoisotopic (exact) mass is 193 g/mol. The van der Waals surface area contributed by atoms with Gasteiger partial charge >= 0.3 is 0 Å². The Bertz CT molecular complexity index is 265. The highest BCUT2D eigenvalue weighted by atomic mass is 16.5. The molecule has 2 heteroatoms. The van der Waals surface area contributed by atoms with Crippen LogP contribution in [0.1, 0.15) is 26.7 Å². The molecule has 0 saturated heterocycles. The van der Waals surface area contributed by atoms with Crippen molar-refractivity contribution < 1.29 is 4.74 Å². The minimum absolute atomic E-state index is 0.644. The molecule has 0 bridgehead atoms. The van der Waals surface area contributed by atoms with Crippen molar-refractivity contribution >= 4 is 0 Å². The van der Waals surface area contributed by atoms with Gasteiger partial charge in [-0.1, -0.05) is 6.58 Å². The molecule has 0 spiro atoms. The molecule has 0 amide bonds. The molecular formula is C12H19NO. The number of hydrogen-bond acceptors (Lipinski definition) is 2.